The average Bonchev–Trinajstić information content (AvgIpc) is 2.82. The molecule has 0 radical (unpaired) electrons. The Morgan fingerprint density at radius 2 is 2.28 bits per heavy atom. The van der Waals surface area contributed by atoms with Crippen molar-refractivity contribution in [2.45, 2.75) is 18.9 Å². The average molecular weight is 247 g/mol. The van der Waals surface area contributed by atoms with E-state index in [0.717, 1.165) is 25.5 Å². The first kappa shape index (κ1) is 11.4. The molecule has 2 unspecified atom stereocenters. The molecule has 0 spiro atoms. The van der Waals surface area contributed by atoms with Gasteiger partial charge in [-0.15, -0.1) is 10.2 Å². The Hall–Kier alpha value is -1.69. The van der Waals surface area contributed by atoms with E-state index in [2.05, 4.69) is 20.4 Å². The van der Waals surface area contributed by atoms with E-state index in [1.54, 1.807) is 6.07 Å². The van der Waals surface area contributed by atoms with Gasteiger partial charge < -0.3 is 16.0 Å². The maximum absolute atomic E-state index is 10.9. The zero-order valence-electron chi connectivity index (χ0n) is 10.2. The topological polar surface area (TPSA) is 84.1 Å². The minimum Gasteiger partial charge on any atom is -0.364 e. The molecule has 2 saturated heterocycles. The van der Waals surface area contributed by atoms with E-state index < -0.39 is 5.91 Å². The lowest BCUT2D eigenvalue weighted by molar-refractivity contribution is 0.0994. The lowest BCUT2D eigenvalue weighted by Gasteiger charge is -2.24. The van der Waals surface area contributed by atoms with Crippen molar-refractivity contribution in [1.82, 2.24) is 15.5 Å². The monoisotopic (exact) mass is 247 g/mol. The fourth-order valence-corrected chi connectivity index (χ4v) is 2.86. The summed E-state index contributed by atoms with van der Waals surface area (Å²) in [6, 6.07) is 4.03. The predicted octanol–water partition coefficient (Wildman–Crippen LogP) is -0.236. The van der Waals surface area contributed by atoms with Crippen molar-refractivity contribution in [3.05, 3.63) is 17.8 Å². The molecular formula is C12H17N5O. The fraction of sp³-hybridized carbons (Fsp3) is 0.583. The molecule has 1 aromatic rings. The Kier molecular flexibility index (Phi) is 2.87. The maximum atomic E-state index is 10.9. The second kappa shape index (κ2) is 4.53. The first-order valence-corrected chi connectivity index (χ1v) is 6.36. The summed E-state index contributed by atoms with van der Waals surface area (Å²) in [6.07, 6.45) is 2.53. The lowest BCUT2D eigenvalue weighted by Crippen LogP contribution is -2.40. The Morgan fingerprint density at radius 1 is 1.39 bits per heavy atom. The van der Waals surface area contributed by atoms with Gasteiger partial charge in [0.05, 0.1) is 0 Å². The van der Waals surface area contributed by atoms with Crippen molar-refractivity contribution >= 4 is 11.7 Å². The molecular weight excluding hydrogens is 230 g/mol. The minimum atomic E-state index is -0.536. The maximum Gasteiger partial charge on any atom is 0.269 e. The molecule has 2 fully saturated rings. The summed E-state index contributed by atoms with van der Waals surface area (Å²) < 4.78 is 0. The predicted molar refractivity (Wildman–Crippen MR) is 67.3 cm³/mol. The molecule has 6 heteroatoms. The van der Waals surface area contributed by atoms with Crippen molar-refractivity contribution < 1.29 is 4.79 Å². The van der Waals surface area contributed by atoms with Gasteiger partial charge in [-0.05, 0) is 37.4 Å². The number of amides is 1. The second-order valence-corrected chi connectivity index (χ2v) is 5.01. The highest BCUT2D eigenvalue weighted by molar-refractivity contribution is 5.90. The minimum absolute atomic E-state index is 0.216. The molecule has 18 heavy (non-hydrogen) atoms. The number of nitrogens with one attached hydrogen (secondary N) is 1. The molecule has 3 rings (SSSR count). The molecule has 2 atom stereocenters. The van der Waals surface area contributed by atoms with Crippen molar-refractivity contribution in [3.63, 3.8) is 0 Å². The zero-order chi connectivity index (χ0) is 12.5. The van der Waals surface area contributed by atoms with Gasteiger partial charge in [-0.1, -0.05) is 0 Å². The SMILES string of the molecule is NC(=O)c1ccc(N2CC3CCCNC3C2)nn1. The number of carbonyl (C=O) groups excluding carboxylic acids is 1. The first-order valence-electron chi connectivity index (χ1n) is 6.36. The van der Waals surface area contributed by atoms with Gasteiger partial charge in [0.25, 0.3) is 5.91 Å². The van der Waals surface area contributed by atoms with Crippen LogP contribution in [0.2, 0.25) is 0 Å². The first-order chi connectivity index (χ1) is 8.74. The van der Waals surface area contributed by atoms with Crippen LogP contribution in [0.1, 0.15) is 23.3 Å². The summed E-state index contributed by atoms with van der Waals surface area (Å²) in [5, 5.41) is 11.5. The van der Waals surface area contributed by atoms with Crippen LogP contribution in [0.25, 0.3) is 0 Å². The molecule has 3 N–H and O–H groups in total. The number of anilines is 1. The van der Waals surface area contributed by atoms with E-state index in [-0.39, 0.29) is 5.69 Å². The van der Waals surface area contributed by atoms with Gasteiger partial charge in [0.15, 0.2) is 11.5 Å². The number of aromatic nitrogens is 2. The molecule has 0 aromatic carbocycles. The molecule has 96 valence electrons. The van der Waals surface area contributed by atoms with Crippen molar-refractivity contribution in [2.24, 2.45) is 11.7 Å². The van der Waals surface area contributed by atoms with Gasteiger partial charge in [-0.2, -0.15) is 0 Å². The Balaban J connectivity index is 1.73. The molecule has 1 amide bonds. The van der Waals surface area contributed by atoms with Gasteiger partial charge in [-0.3, -0.25) is 4.79 Å². The number of rotatable bonds is 2. The third-order valence-electron chi connectivity index (χ3n) is 3.83. The van der Waals surface area contributed by atoms with Crippen LogP contribution in [-0.2, 0) is 0 Å². The number of primary amides is 1. The van der Waals surface area contributed by atoms with E-state index in [0.29, 0.717) is 12.0 Å². The third kappa shape index (κ3) is 2.03. The van der Waals surface area contributed by atoms with Gasteiger partial charge in [-0.25, -0.2) is 0 Å². The summed E-state index contributed by atoms with van der Waals surface area (Å²) in [6.45, 7) is 3.10. The second-order valence-electron chi connectivity index (χ2n) is 5.01. The highest BCUT2D eigenvalue weighted by Gasteiger charge is 2.34. The van der Waals surface area contributed by atoms with Gasteiger partial charge in [0, 0.05) is 19.1 Å². The number of hydrogen-bond donors (Lipinski definition) is 2. The summed E-state index contributed by atoms with van der Waals surface area (Å²) in [4.78, 5) is 13.2. The van der Waals surface area contributed by atoms with Crippen LogP contribution < -0.4 is 16.0 Å². The third-order valence-corrected chi connectivity index (χ3v) is 3.83. The van der Waals surface area contributed by atoms with Crippen molar-refractivity contribution in [3.8, 4) is 0 Å². The van der Waals surface area contributed by atoms with E-state index in [1.807, 2.05) is 6.07 Å². The molecule has 0 aliphatic carbocycles. The fourth-order valence-electron chi connectivity index (χ4n) is 2.86. The van der Waals surface area contributed by atoms with E-state index in [4.69, 9.17) is 5.73 Å². The number of carbonyl (C=O) groups is 1. The number of nitrogens with two attached hydrogens (primary N) is 1. The van der Waals surface area contributed by atoms with Gasteiger partial charge in [0.1, 0.15) is 0 Å². The van der Waals surface area contributed by atoms with Crippen LogP contribution >= 0.6 is 0 Å². The number of fused-ring (bicyclic) bond motifs is 1. The normalized spacial score (nSPS) is 27.0. The number of nitrogens with zero attached hydrogens (tertiary/aromatic N) is 3. The van der Waals surface area contributed by atoms with Gasteiger partial charge in [0.2, 0.25) is 0 Å². The van der Waals surface area contributed by atoms with Crippen LogP contribution in [0.5, 0.6) is 0 Å². The summed E-state index contributed by atoms with van der Waals surface area (Å²) in [5.41, 5.74) is 5.36. The highest BCUT2D eigenvalue weighted by Crippen LogP contribution is 2.27. The largest absolute Gasteiger partial charge is 0.364 e. The molecule has 0 saturated carbocycles. The Morgan fingerprint density at radius 3 is 2.94 bits per heavy atom. The number of piperidine rings is 1. The quantitative estimate of drug-likeness (QED) is 0.753. The zero-order valence-corrected chi connectivity index (χ0v) is 10.2. The van der Waals surface area contributed by atoms with Crippen LogP contribution in [0, 0.1) is 5.92 Å². The lowest BCUT2D eigenvalue weighted by atomic mass is 9.94. The smallest absolute Gasteiger partial charge is 0.269 e. The molecule has 2 aliphatic rings. The molecule has 0 bridgehead atoms. The van der Waals surface area contributed by atoms with Crippen LogP contribution in [0.3, 0.4) is 0 Å². The summed E-state index contributed by atoms with van der Waals surface area (Å²) >= 11 is 0. The van der Waals surface area contributed by atoms with Crippen molar-refractivity contribution in [1.29, 1.82) is 0 Å². The van der Waals surface area contributed by atoms with E-state index in [1.165, 1.54) is 12.8 Å². The standard InChI is InChI=1S/C12H17N5O/c13-12(18)9-3-4-11(16-15-9)17-6-8-2-1-5-14-10(8)7-17/h3-4,8,10,14H,1-2,5-7H2,(H2,13,18). The van der Waals surface area contributed by atoms with Crippen LogP contribution in [-0.4, -0.2) is 41.8 Å². The Bertz CT molecular complexity index is 432. The summed E-state index contributed by atoms with van der Waals surface area (Å²) in [5.74, 6) is 0.998. The molecule has 2 aliphatic heterocycles. The highest BCUT2D eigenvalue weighted by atomic mass is 16.1. The van der Waals surface area contributed by atoms with Crippen LogP contribution in [0.15, 0.2) is 12.1 Å². The Labute approximate surface area is 106 Å². The van der Waals surface area contributed by atoms with E-state index in [9.17, 15) is 4.79 Å². The molecule has 3 heterocycles. The molecule has 6 nitrogen and oxygen atoms in total. The molecule has 1 aromatic heterocycles. The number of hydrogen-bond acceptors (Lipinski definition) is 5. The van der Waals surface area contributed by atoms with Crippen LogP contribution in [0.4, 0.5) is 5.82 Å². The van der Waals surface area contributed by atoms with Crippen molar-refractivity contribution in [2.75, 3.05) is 24.5 Å². The van der Waals surface area contributed by atoms with Gasteiger partial charge >= 0.3 is 0 Å². The summed E-state index contributed by atoms with van der Waals surface area (Å²) in [7, 11) is 0. The van der Waals surface area contributed by atoms with E-state index >= 15 is 0 Å².